The minimum Gasteiger partial charge on any atom is -0.501 e. The van der Waals surface area contributed by atoms with Crippen molar-refractivity contribution < 1.29 is 14.3 Å². The Morgan fingerprint density at radius 2 is 2.08 bits per heavy atom. The van der Waals surface area contributed by atoms with E-state index in [1.54, 1.807) is 6.92 Å². The molecule has 0 radical (unpaired) electrons. The maximum Gasteiger partial charge on any atom is 0.336 e. The van der Waals surface area contributed by atoms with Gasteiger partial charge in [0.1, 0.15) is 0 Å². The molecule has 0 saturated heterocycles. The fourth-order valence-electron chi connectivity index (χ4n) is 0.679. The molecule has 0 aliphatic heterocycles. The summed E-state index contributed by atoms with van der Waals surface area (Å²) in [6.45, 7) is 6.67. The van der Waals surface area contributed by atoms with E-state index < -0.39 is 0 Å². The molecule has 0 bridgehead atoms. The van der Waals surface area contributed by atoms with E-state index in [4.69, 9.17) is 9.47 Å². The van der Waals surface area contributed by atoms with E-state index in [-0.39, 0.29) is 5.97 Å². The molecule has 0 aromatic heterocycles. The molecular weight excluding hydrogens is 168 g/mol. The number of rotatable bonds is 6. The topological polar surface area (TPSA) is 35.5 Å². The predicted molar refractivity (Wildman–Crippen MR) is 51.3 cm³/mol. The molecule has 0 aromatic carbocycles. The summed E-state index contributed by atoms with van der Waals surface area (Å²) in [6.07, 6.45) is 3.38. The van der Waals surface area contributed by atoms with Crippen LogP contribution in [0.3, 0.4) is 0 Å². The van der Waals surface area contributed by atoms with Crippen LogP contribution in [0.2, 0.25) is 0 Å². The van der Waals surface area contributed by atoms with Crippen molar-refractivity contribution in [1.82, 2.24) is 0 Å². The lowest BCUT2D eigenvalue weighted by Gasteiger charge is -2.03. The Hall–Kier alpha value is -0.990. The highest BCUT2D eigenvalue weighted by Gasteiger charge is 2.04. The average molecular weight is 186 g/mol. The van der Waals surface area contributed by atoms with Gasteiger partial charge in [-0.1, -0.05) is 13.3 Å². The quantitative estimate of drug-likeness (QED) is 0.276. The highest BCUT2D eigenvalue weighted by Crippen LogP contribution is 1.98. The lowest BCUT2D eigenvalue weighted by Crippen LogP contribution is -2.07. The smallest absolute Gasteiger partial charge is 0.336 e. The molecule has 76 valence electrons. The van der Waals surface area contributed by atoms with Crippen LogP contribution in [0.25, 0.3) is 0 Å². The molecule has 0 rings (SSSR count). The zero-order valence-electron chi connectivity index (χ0n) is 8.63. The number of carbonyl (C=O) groups excluding carboxylic acids is 1. The third kappa shape index (κ3) is 6.20. The van der Waals surface area contributed by atoms with Gasteiger partial charge < -0.3 is 9.47 Å². The summed E-state index contributed by atoms with van der Waals surface area (Å²) in [6, 6.07) is 0. The minimum atomic E-state index is -0.290. The van der Waals surface area contributed by atoms with Crippen molar-refractivity contribution in [2.75, 3.05) is 13.2 Å². The molecule has 0 aliphatic rings. The largest absolute Gasteiger partial charge is 0.501 e. The lowest BCUT2D eigenvalue weighted by atomic mass is 10.3. The zero-order chi connectivity index (χ0) is 10.1. The summed E-state index contributed by atoms with van der Waals surface area (Å²) < 4.78 is 9.91. The van der Waals surface area contributed by atoms with Crippen LogP contribution in [0.1, 0.15) is 33.6 Å². The van der Waals surface area contributed by atoms with Gasteiger partial charge in [0.05, 0.1) is 25.0 Å². The number of esters is 1. The van der Waals surface area contributed by atoms with E-state index in [1.165, 1.54) is 6.26 Å². The highest BCUT2D eigenvalue weighted by atomic mass is 16.5. The molecule has 0 fully saturated rings. The Morgan fingerprint density at radius 3 is 2.62 bits per heavy atom. The van der Waals surface area contributed by atoms with Crippen LogP contribution in [0.4, 0.5) is 0 Å². The van der Waals surface area contributed by atoms with Gasteiger partial charge in [-0.05, 0) is 20.3 Å². The number of unbranched alkanes of at least 4 members (excludes halogenated alkanes) is 1. The standard InChI is InChI=1S/C10H18O3/c1-4-6-7-13-10(11)9(3)8-12-5-2/h8H,4-7H2,1-3H3/b9-8+. The molecule has 0 atom stereocenters. The third-order valence-electron chi connectivity index (χ3n) is 1.48. The Labute approximate surface area is 79.7 Å². The van der Waals surface area contributed by atoms with Crippen molar-refractivity contribution in [2.45, 2.75) is 33.6 Å². The van der Waals surface area contributed by atoms with Crippen molar-refractivity contribution >= 4 is 5.97 Å². The Balaban J connectivity index is 3.69. The van der Waals surface area contributed by atoms with Gasteiger partial charge in [-0.15, -0.1) is 0 Å². The van der Waals surface area contributed by atoms with E-state index >= 15 is 0 Å². The van der Waals surface area contributed by atoms with E-state index in [0.717, 1.165) is 12.8 Å². The van der Waals surface area contributed by atoms with Crippen LogP contribution in [0, 0.1) is 0 Å². The molecule has 0 aliphatic carbocycles. The molecule has 3 nitrogen and oxygen atoms in total. The molecule has 0 N–H and O–H groups in total. The molecular formula is C10H18O3. The van der Waals surface area contributed by atoms with Gasteiger partial charge in [0.2, 0.25) is 0 Å². The lowest BCUT2D eigenvalue weighted by molar-refractivity contribution is -0.139. The first-order valence-electron chi connectivity index (χ1n) is 4.67. The Morgan fingerprint density at radius 1 is 1.38 bits per heavy atom. The first-order chi connectivity index (χ1) is 6.22. The highest BCUT2D eigenvalue weighted by molar-refractivity contribution is 5.87. The molecule has 0 amide bonds. The van der Waals surface area contributed by atoms with Gasteiger partial charge in [-0.25, -0.2) is 4.79 Å². The average Bonchev–Trinajstić information content (AvgIpc) is 2.14. The Kier molecular flexibility index (Phi) is 7.07. The molecule has 0 aromatic rings. The van der Waals surface area contributed by atoms with Crippen LogP contribution < -0.4 is 0 Å². The SMILES string of the molecule is CCCCOC(=O)/C(C)=C/OCC. The third-order valence-corrected chi connectivity index (χ3v) is 1.48. The van der Waals surface area contributed by atoms with E-state index in [9.17, 15) is 4.79 Å². The van der Waals surface area contributed by atoms with E-state index in [2.05, 4.69) is 6.92 Å². The maximum absolute atomic E-state index is 11.2. The van der Waals surface area contributed by atoms with Crippen LogP contribution >= 0.6 is 0 Å². The number of ether oxygens (including phenoxy) is 2. The second-order valence-corrected chi connectivity index (χ2v) is 2.75. The minimum absolute atomic E-state index is 0.290. The van der Waals surface area contributed by atoms with Crippen molar-refractivity contribution in [3.05, 3.63) is 11.8 Å². The summed E-state index contributed by atoms with van der Waals surface area (Å²) in [5.74, 6) is -0.290. The molecule has 0 saturated carbocycles. The van der Waals surface area contributed by atoms with Crippen LogP contribution in [-0.4, -0.2) is 19.2 Å². The fraction of sp³-hybridized carbons (Fsp3) is 0.700. The van der Waals surface area contributed by atoms with Crippen molar-refractivity contribution in [3.63, 3.8) is 0 Å². The summed E-state index contributed by atoms with van der Waals surface area (Å²) in [5.41, 5.74) is 0.512. The molecule has 13 heavy (non-hydrogen) atoms. The number of hydrogen-bond donors (Lipinski definition) is 0. The summed E-state index contributed by atoms with van der Waals surface area (Å²) in [5, 5.41) is 0. The predicted octanol–water partition coefficient (Wildman–Crippen LogP) is 2.27. The van der Waals surface area contributed by atoms with Gasteiger partial charge >= 0.3 is 5.97 Å². The number of carbonyl (C=O) groups is 1. The van der Waals surface area contributed by atoms with E-state index in [1.807, 2.05) is 6.92 Å². The van der Waals surface area contributed by atoms with Crippen molar-refractivity contribution in [3.8, 4) is 0 Å². The van der Waals surface area contributed by atoms with E-state index in [0.29, 0.717) is 18.8 Å². The van der Waals surface area contributed by atoms with Crippen molar-refractivity contribution in [2.24, 2.45) is 0 Å². The normalized spacial score (nSPS) is 11.2. The zero-order valence-corrected chi connectivity index (χ0v) is 8.63. The van der Waals surface area contributed by atoms with Crippen LogP contribution in [0.15, 0.2) is 11.8 Å². The van der Waals surface area contributed by atoms with Gasteiger partial charge in [0.25, 0.3) is 0 Å². The fourth-order valence-corrected chi connectivity index (χ4v) is 0.679. The van der Waals surface area contributed by atoms with Crippen molar-refractivity contribution in [1.29, 1.82) is 0 Å². The van der Waals surface area contributed by atoms with Gasteiger partial charge in [-0.3, -0.25) is 0 Å². The first kappa shape index (κ1) is 12.0. The molecule has 3 heteroatoms. The summed E-state index contributed by atoms with van der Waals surface area (Å²) in [7, 11) is 0. The van der Waals surface area contributed by atoms with Gasteiger partial charge in [0.15, 0.2) is 0 Å². The van der Waals surface area contributed by atoms with Gasteiger partial charge in [0, 0.05) is 0 Å². The van der Waals surface area contributed by atoms with Crippen LogP contribution in [-0.2, 0) is 14.3 Å². The molecule has 0 spiro atoms. The monoisotopic (exact) mass is 186 g/mol. The summed E-state index contributed by atoms with van der Waals surface area (Å²) >= 11 is 0. The number of hydrogen-bond acceptors (Lipinski definition) is 3. The Bertz CT molecular complexity index is 173. The first-order valence-corrected chi connectivity index (χ1v) is 4.67. The summed E-state index contributed by atoms with van der Waals surface area (Å²) in [4.78, 5) is 11.2. The maximum atomic E-state index is 11.2. The van der Waals surface area contributed by atoms with Crippen LogP contribution in [0.5, 0.6) is 0 Å². The molecule has 0 unspecified atom stereocenters. The molecule has 0 heterocycles. The van der Waals surface area contributed by atoms with Gasteiger partial charge in [-0.2, -0.15) is 0 Å². The second kappa shape index (κ2) is 7.65. The second-order valence-electron chi connectivity index (χ2n) is 2.75.